The summed E-state index contributed by atoms with van der Waals surface area (Å²) >= 11 is 5.93. The number of pyridine rings is 1. The number of methoxy groups -OCH3 is 1. The molecule has 4 nitrogen and oxygen atoms in total. The number of hydrogen-bond donors (Lipinski definition) is 0. The first-order valence-electron chi connectivity index (χ1n) is 9.10. The van der Waals surface area contributed by atoms with Crippen molar-refractivity contribution in [2.45, 2.75) is 19.6 Å². The van der Waals surface area contributed by atoms with Gasteiger partial charge in [0.05, 0.1) is 36.0 Å². The summed E-state index contributed by atoms with van der Waals surface area (Å²) in [5, 5.41) is 4.94. The average Bonchev–Trinajstić information content (AvgIpc) is 3.03. The molecule has 2 heterocycles. The molecule has 0 aliphatic carbocycles. The van der Waals surface area contributed by atoms with Crippen molar-refractivity contribution in [3.63, 3.8) is 0 Å². The lowest BCUT2D eigenvalue weighted by Gasteiger charge is -2.12. The molecule has 30 heavy (non-hydrogen) atoms. The van der Waals surface area contributed by atoms with Gasteiger partial charge in [0.25, 0.3) is 0 Å². The second-order valence-electron chi connectivity index (χ2n) is 6.85. The molecular weight excluding hydrogens is 415 g/mol. The normalized spacial score (nSPS) is 11.8. The number of ether oxygens (including phenoxy) is 1. The van der Waals surface area contributed by atoms with Crippen molar-refractivity contribution in [3.8, 4) is 17.0 Å². The van der Waals surface area contributed by atoms with Gasteiger partial charge < -0.3 is 4.74 Å². The highest BCUT2D eigenvalue weighted by Crippen LogP contribution is 2.38. The van der Waals surface area contributed by atoms with Crippen molar-refractivity contribution >= 4 is 22.6 Å². The Morgan fingerprint density at radius 1 is 1.03 bits per heavy atom. The Morgan fingerprint density at radius 3 is 2.30 bits per heavy atom. The first-order valence-corrected chi connectivity index (χ1v) is 9.48. The maximum absolute atomic E-state index is 13.9. The Bertz CT molecular complexity index is 1200. The van der Waals surface area contributed by atoms with E-state index in [9.17, 15) is 13.2 Å². The maximum atomic E-state index is 13.9. The monoisotopic (exact) mass is 431 g/mol. The fraction of sp³-hybridized carbons (Fsp3) is 0.182. The molecule has 0 fully saturated rings. The minimum Gasteiger partial charge on any atom is -0.497 e. The van der Waals surface area contributed by atoms with Gasteiger partial charge in [-0.05, 0) is 55.0 Å². The Hall–Kier alpha value is -3.06. The topological polar surface area (TPSA) is 39.9 Å². The van der Waals surface area contributed by atoms with Crippen LogP contribution in [0.25, 0.3) is 22.3 Å². The number of halogens is 4. The summed E-state index contributed by atoms with van der Waals surface area (Å²) in [6, 6.07) is 14.9. The summed E-state index contributed by atoms with van der Waals surface area (Å²) in [4.78, 5) is 4.54. The lowest BCUT2D eigenvalue weighted by Crippen LogP contribution is -2.08. The number of alkyl halides is 3. The summed E-state index contributed by atoms with van der Waals surface area (Å²) in [6.45, 7) is 1.84. The van der Waals surface area contributed by atoms with Crippen LogP contribution in [-0.4, -0.2) is 21.9 Å². The van der Waals surface area contributed by atoms with Crippen LogP contribution in [0.5, 0.6) is 5.75 Å². The van der Waals surface area contributed by atoms with Gasteiger partial charge in [0.1, 0.15) is 5.75 Å². The Morgan fingerprint density at radius 2 is 1.70 bits per heavy atom. The summed E-state index contributed by atoms with van der Waals surface area (Å²) in [5.41, 5.74) is 1.34. The molecule has 0 unspecified atom stereocenters. The zero-order chi connectivity index (χ0) is 21.5. The summed E-state index contributed by atoms with van der Waals surface area (Å²) in [6.07, 6.45) is -4.54. The van der Waals surface area contributed by atoms with Crippen LogP contribution in [0.3, 0.4) is 0 Å². The van der Waals surface area contributed by atoms with Crippen LogP contribution in [0.15, 0.2) is 54.6 Å². The Labute approximate surface area is 175 Å². The standard InChI is InChI=1S/C22H17ClF3N3O/c1-13-20-18(22(24,25)26)11-19(15-5-9-17(30-2)10-6-15)27-21(20)29(28-13)12-14-3-7-16(23)8-4-14/h3-11H,12H2,1-2H3. The van der Waals surface area contributed by atoms with Gasteiger partial charge in [0.2, 0.25) is 0 Å². The third-order valence-electron chi connectivity index (χ3n) is 4.81. The molecule has 0 amide bonds. The first-order chi connectivity index (χ1) is 14.3. The van der Waals surface area contributed by atoms with E-state index in [2.05, 4.69) is 10.1 Å². The molecule has 0 aliphatic heterocycles. The molecule has 2 aromatic heterocycles. The summed E-state index contributed by atoms with van der Waals surface area (Å²) in [5.74, 6) is 0.611. The number of aryl methyl sites for hydroxylation is 1. The highest BCUT2D eigenvalue weighted by atomic mass is 35.5. The highest BCUT2D eigenvalue weighted by Gasteiger charge is 2.35. The predicted octanol–water partition coefficient (Wildman–Crippen LogP) is 6.14. The fourth-order valence-electron chi connectivity index (χ4n) is 3.36. The molecule has 0 saturated carbocycles. The van der Waals surface area contributed by atoms with Crippen LogP contribution in [0.4, 0.5) is 13.2 Å². The van der Waals surface area contributed by atoms with Gasteiger partial charge in [-0.3, -0.25) is 0 Å². The van der Waals surface area contributed by atoms with Crippen LogP contribution >= 0.6 is 11.6 Å². The van der Waals surface area contributed by atoms with Gasteiger partial charge >= 0.3 is 6.18 Å². The smallest absolute Gasteiger partial charge is 0.417 e. The third kappa shape index (κ3) is 3.85. The molecule has 0 radical (unpaired) electrons. The number of rotatable bonds is 4. The molecule has 0 aliphatic rings. The Kier molecular flexibility index (Phi) is 5.15. The minimum absolute atomic E-state index is 0.00808. The van der Waals surface area contributed by atoms with Gasteiger partial charge in [-0.25, -0.2) is 9.67 Å². The van der Waals surface area contributed by atoms with E-state index in [-0.39, 0.29) is 29.0 Å². The van der Waals surface area contributed by atoms with Crippen LogP contribution in [0.2, 0.25) is 5.02 Å². The summed E-state index contributed by atoms with van der Waals surface area (Å²) < 4.78 is 48.3. The van der Waals surface area contributed by atoms with Gasteiger partial charge in [0.15, 0.2) is 5.65 Å². The van der Waals surface area contributed by atoms with Crippen molar-refractivity contribution in [2.75, 3.05) is 7.11 Å². The van der Waals surface area contributed by atoms with Crippen molar-refractivity contribution in [1.82, 2.24) is 14.8 Å². The van der Waals surface area contributed by atoms with Crippen molar-refractivity contribution in [2.24, 2.45) is 0 Å². The second kappa shape index (κ2) is 7.65. The predicted molar refractivity (Wildman–Crippen MR) is 110 cm³/mol. The number of benzene rings is 2. The lowest BCUT2D eigenvalue weighted by molar-refractivity contribution is -0.136. The Balaban J connectivity index is 1.90. The average molecular weight is 432 g/mol. The van der Waals surface area contributed by atoms with E-state index in [4.69, 9.17) is 16.3 Å². The second-order valence-corrected chi connectivity index (χ2v) is 7.29. The number of aromatic nitrogens is 3. The fourth-order valence-corrected chi connectivity index (χ4v) is 3.49. The van der Waals surface area contributed by atoms with Crippen molar-refractivity contribution in [3.05, 3.63) is 76.4 Å². The lowest BCUT2D eigenvalue weighted by atomic mass is 10.0. The molecule has 0 spiro atoms. The molecule has 2 aromatic carbocycles. The minimum atomic E-state index is -4.54. The molecular formula is C22H17ClF3N3O. The molecule has 0 saturated heterocycles. The molecule has 0 bridgehead atoms. The van der Waals surface area contributed by atoms with Crippen LogP contribution in [0, 0.1) is 6.92 Å². The molecule has 154 valence electrons. The highest BCUT2D eigenvalue weighted by molar-refractivity contribution is 6.30. The van der Waals surface area contributed by atoms with Crippen LogP contribution in [0.1, 0.15) is 16.8 Å². The van der Waals surface area contributed by atoms with E-state index < -0.39 is 11.7 Å². The molecule has 0 atom stereocenters. The quantitative estimate of drug-likeness (QED) is 0.390. The van der Waals surface area contributed by atoms with Crippen molar-refractivity contribution < 1.29 is 17.9 Å². The van der Waals surface area contributed by atoms with Gasteiger partial charge in [-0.15, -0.1) is 0 Å². The van der Waals surface area contributed by atoms with E-state index in [1.54, 1.807) is 43.3 Å². The summed E-state index contributed by atoms with van der Waals surface area (Å²) in [7, 11) is 1.53. The number of nitrogens with zero attached hydrogens (tertiary/aromatic N) is 3. The van der Waals surface area contributed by atoms with E-state index in [1.165, 1.54) is 11.8 Å². The molecule has 4 aromatic rings. The zero-order valence-corrected chi connectivity index (χ0v) is 16.9. The van der Waals surface area contributed by atoms with Crippen molar-refractivity contribution in [1.29, 1.82) is 0 Å². The van der Waals surface area contributed by atoms with E-state index >= 15 is 0 Å². The molecule has 4 rings (SSSR count). The number of hydrogen-bond acceptors (Lipinski definition) is 3. The van der Waals surface area contributed by atoms with E-state index in [0.717, 1.165) is 11.6 Å². The SMILES string of the molecule is COc1ccc(-c2cc(C(F)(F)F)c3c(C)nn(Cc4ccc(Cl)cc4)c3n2)cc1. The van der Waals surface area contributed by atoms with Crippen LogP contribution in [-0.2, 0) is 12.7 Å². The van der Waals surface area contributed by atoms with Gasteiger partial charge in [-0.2, -0.15) is 18.3 Å². The third-order valence-corrected chi connectivity index (χ3v) is 5.07. The van der Waals surface area contributed by atoms with E-state index in [1.807, 2.05) is 12.1 Å². The molecule has 8 heteroatoms. The van der Waals surface area contributed by atoms with Gasteiger partial charge in [0, 0.05) is 10.6 Å². The first kappa shape index (κ1) is 20.2. The number of fused-ring (bicyclic) bond motifs is 1. The zero-order valence-electron chi connectivity index (χ0n) is 16.2. The van der Waals surface area contributed by atoms with Crippen LogP contribution < -0.4 is 4.74 Å². The molecule has 0 N–H and O–H groups in total. The maximum Gasteiger partial charge on any atom is 0.417 e. The van der Waals surface area contributed by atoms with Gasteiger partial charge in [-0.1, -0.05) is 23.7 Å². The van der Waals surface area contributed by atoms with E-state index in [0.29, 0.717) is 16.3 Å². The largest absolute Gasteiger partial charge is 0.497 e.